The Kier molecular flexibility index (Phi) is 4.90. The number of rotatable bonds is 4. The van der Waals surface area contributed by atoms with E-state index in [1.54, 1.807) is 0 Å². The molecular formula is C14H19Cl. The molecule has 1 rings (SSSR count). The maximum absolute atomic E-state index is 6.22. The lowest BCUT2D eigenvalue weighted by Gasteiger charge is -2.09. The molecule has 0 aliphatic heterocycles. The van der Waals surface area contributed by atoms with Gasteiger partial charge in [-0.25, -0.2) is 0 Å². The van der Waals surface area contributed by atoms with Gasteiger partial charge in [0.25, 0.3) is 0 Å². The van der Waals surface area contributed by atoms with Crippen LogP contribution >= 0.6 is 11.6 Å². The van der Waals surface area contributed by atoms with Crippen LogP contribution in [0.2, 0.25) is 0 Å². The van der Waals surface area contributed by atoms with Crippen LogP contribution in [0.15, 0.2) is 24.3 Å². The fourth-order valence-electron chi connectivity index (χ4n) is 1.71. The molecule has 0 radical (unpaired) electrons. The summed E-state index contributed by atoms with van der Waals surface area (Å²) in [6.07, 6.45) is 5.29. The minimum Gasteiger partial charge on any atom is -0.0840 e. The number of allylic oxidation sites excluding steroid dienone is 1. The predicted octanol–water partition coefficient (Wildman–Crippen LogP) is 4.80. The van der Waals surface area contributed by atoms with Crippen molar-refractivity contribution in [1.82, 2.24) is 0 Å². The first-order chi connectivity index (χ1) is 7.22. The smallest absolute Gasteiger partial charge is 0.0438 e. The Balaban J connectivity index is 3.16. The first-order valence-electron chi connectivity index (χ1n) is 5.66. The predicted molar refractivity (Wildman–Crippen MR) is 69.3 cm³/mol. The van der Waals surface area contributed by atoms with Gasteiger partial charge in [0.15, 0.2) is 0 Å². The molecule has 0 nitrogen and oxygen atoms in total. The summed E-state index contributed by atoms with van der Waals surface area (Å²) in [4.78, 5) is 0. The lowest BCUT2D eigenvalue weighted by atomic mass is 9.99. The van der Waals surface area contributed by atoms with Crippen molar-refractivity contribution in [3.63, 3.8) is 0 Å². The molecule has 0 spiro atoms. The van der Waals surface area contributed by atoms with E-state index in [1.165, 1.54) is 16.7 Å². The Labute approximate surface area is 98.0 Å². The van der Waals surface area contributed by atoms with Gasteiger partial charge in [-0.1, -0.05) is 56.1 Å². The summed E-state index contributed by atoms with van der Waals surface area (Å²) in [5.41, 5.74) is 3.92. The third-order valence-electron chi connectivity index (χ3n) is 2.61. The molecular weight excluding hydrogens is 204 g/mol. The van der Waals surface area contributed by atoms with Gasteiger partial charge < -0.3 is 0 Å². The van der Waals surface area contributed by atoms with Crippen LogP contribution in [0.1, 0.15) is 43.9 Å². The number of halogens is 1. The molecule has 0 saturated heterocycles. The van der Waals surface area contributed by atoms with Gasteiger partial charge in [-0.3, -0.25) is 0 Å². The van der Waals surface area contributed by atoms with Crippen molar-refractivity contribution in [2.24, 2.45) is 0 Å². The van der Waals surface area contributed by atoms with Gasteiger partial charge in [0.1, 0.15) is 0 Å². The van der Waals surface area contributed by atoms with Crippen molar-refractivity contribution >= 4 is 16.6 Å². The number of benzene rings is 1. The maximum Gasteiger partial charge on any atom is 0.0438 e. The van der Waals surface area contributed by atoms with Crippen LogP contribution in [0.5, 0.6) is 0 Å². The summed E-state index contributed by atoms with van der Waals surface area (Å²) in [6, 6.07) is 6.63. The first kappa shape index (κ1) is 12.3. The molecule has 82 valence electrons. The lowest BCUT2D eigenvalue weighted by Crippen LogP contribution is -1.93. The highest BCUT2D eigenvalue weighted by molar-refractivity contribution is 6.48. The highest BCUT2D eigenvalue weighted by Gasteiger charge is 2.05. The van der Waals surface area contributed by atoms with Crippen molar-refractivity contribution in [1.29, 1.82) is 0 Å². The molecule has 0 bridgehead atoms. The zero-order valence-corrected chi connectivity index (χ0v) is 10.6. The van der Waals surface area contributed by atoms with E-state index in [9.17, 15) is 0 Å². The third kappa shape index (κ3) is 3.10. The SMILES string of the molecule is C/C=C(/Cl)c1cc(CC)ccc1CCC. The number of hydrogen-bond acceptors (Lipinski definition) is 0. The van der Waals surface area contributed by atoms with Crippen LogP contribution in [-0.2, 0) is 12.8 Å². The van der Waals surface area contributed by atoms with E-state index in [0.717, 1.165) is 24.3 Å². The highest BCUT2D eigenvalue weighted by Crippen LogP contribution is 2.25. The summed E-state index contributed by atoms with van der Waals surface area (Å²) in [7, 11) is 0. The van der Waals surface area contributed by atoms with Gasteiger partial charge >= 0.3 is 0 Å². The van der Waals surface area contributed by atoms with E-state index in [4.69, 9.17) is 11.6 Å². The van der Waals surface area contributed by atoms with Crippen molar-refractivity contribution < 1.29 is 0 Å². The minimum absolute atomic E-state index is 0.869. The fourth-order valence-corrected chi connectivity index (χ4v) is 1.88. The fraction of sp³-hybridized carbons (Fsp3) is 0.429. The van der Waals surface area contributed by atoms with E-state index in [-0.39, 0.29) is 0 Å². The Hall–Kier alpha value is -0.750. The number of hydrogen-bond donors (Lipinski definition) is 0. The molecule has 0 saturated carbocycles. The molecule has 0 aromatic heterocycles. The Morgan fingerprint density at radius 1 is 1.33 bits per heavy atom. The summed E-state index contributed by atoms with van der Waals surface area (Å²) >= 11 is 6.22. The molecule has 0 aliphatic rings. The molecule has 0 N–H and O–H groups in total. The summed E-state index contributed by atoms with van der Waals surface area (Å²) in [6.45, 7) is 6.35. The summed E-state index contributed by atoms with van der Waals surface area (Å²) in [5, 5.41) is 0.869. The van der Waals surface area contributed by atoms with E-state index in [0.29, 0.717) is 0 Å². The largest absolute Gasteiger partial charge is 0.0840 e. The second kappa shape index (κ2) is 5.97. The Morgan fingerprint density at radius 2 is 2.07 bits per heavy atom. The van der Waals surface area contributed by atoms with Crippen LogP contribution < -0.4 is 0 Å². The molecule has 0 unspecified atom stereocenters. The van der Waals surface area contributed by atoms with Crippen LogP contribution in [0.4, 0.5) is 0 Å². The zero-order chi connectivity index (χ0) is 11.3. The average molecular weight is 223 g/mol. The maximum atomic E-state index is 6.22. The average Bonchev–Trinajstić information content (AvgIpc) is 2.29. The first-order valence-corrected chi connectivity index (χ1v) is 6.04. The zero-order valence-electron chi connectivity index (χ0n) is 9.81. The minimum atomic E-state index is 0.869. The Morgan fingerprint density at radius 3 is 2.60 bits per heavy atom. The van der Waals surface area contributed by atoms with Gasteiger partial charge in [-0.2, -0.15) is 0 Å². The van der Waals surface area contributed by atoms with Crippen molar-refractivity contribution in [3.05, 3.63) is 41.0 Å². The molecule has 0 heterocycles. The molecule has 1 aromatic carbocycles. The standard InChI is InChI=1S/C14H19Cl/c1-4-7-12-9-8-11(5-2)10-13(12)14(15)6-3/h6,8-10H,4-5,7H2,1-3H3/b14-6+. The van der Waals surface area contributed by atoms with Crippen molar-refractivity contribution in [2.45, 2.75) is 40.0 Å². The van der Waals surface area contributed by atoms with Crippen LogP contribution in [0, 0.1) is 0 Å². The van der Waals surface area contributed by atoms with Gasteiger partial charge in [0.2, 0.25) is 0 Å². The summed E-state index contributed by atoms with van der Waals surface area (Å²) in [5.74, 6) is 0. The molecule has 0 fully saturated rings. The molecule has 0 atom stereocenters. The van der Waals surface area contributed by atoms with Crippen molar-refractivity contribution in [3.8, 4) is 0 Å². The Bertz CT molecular complexity index is 350. The highest BCUT2D eigenvalue weighted by atomic mass is 35.5. The second-order valence-electron chi connectivity index (χ2n) is 3.73. The van der Waals surface area contributed by atoms with E-state index >= 15 is 0 Å². The number of aryl methyl sites for hydroxylation is 2. The molecule has 0 amide bonds. The normalized spacial score (nSPS) is 11.9. The monoisotopic (exact) mass is 222 g/mol. The van der Waals surface area contributed by atoms with Crippen molar-refractivity contribution in [2.75, 3.05) is 0 Å². The van der Waals surface area contributed by atoms with Gasteiger partial charge in [-0.15, -0.1) is 0 Å². The molecule has 1 aromatic rings. The molecule has 0 aliphatic carbocycles. The second-order valence-corrected chi connectivity index (χ2v) is 4.14. The topological polar surface area (TPSA) is 0 Å². The quantitative estimate of drug-likeness (QED) is 0.687. The van der Waals surface area contributed by atoms with Crippen LogP contribution in [-0.4, -0.2) is 0 Å². The summed E-state index contributed by atoms with van der Waals surface area (Å²) < 4.78 is 0. The van der Waals surface area contributed by atoms with E-state index in [2.05, 4.69) is 32.0 Å². The van der Waals surface area contributed by atoms with E-state index in [1.807, 2.05) is 13.0 Å². The van der Waals surface area contributed by atoms with Gasteiger partial charge in [0.05, 0.1) is 0 Å². The van der Waals surface area contributed by atoms with Crippen LogP contribution in [0.3, 0.4) is 0 Å². The molecule has 1 heteroatoms. The van der Waals surface area contributed by atoms with Gasteiger partial charge in [-0.05, 0) is 36.5 Å². The third-order valence-corrected chi connectivity index (χ3v) is 3.03. The lowest BCUT2D eigenvalue weighted by molar-refractivity contribution is 0.917. The van der Waals surface area contributed by atoms with Crippen LogP contribution in [0.25, 0.3) is 5.03 Å². The van der Waals surface area contributed by atoms with Gasteiger partial charge in [0, 0.05) is 5.03 Å². The molecule has 15 heavy (non-hydrogen) atoms. The van der Waals surface area contributed by atoms with E-state index < -0.39 is 0 Å².